The Balaban J connectivity index is 1.89. The van der Waals surface area contributed by atoms with Crippen molar-refractivity contribution in [1.82, 2.24) is 4.90 Å². The third kappa shape index (κ3) is 3.46. The van der Waals surface area contributed by atoms with Gasteiger partial charge in [-0.25, -0.2) is 0 Å². The molecule has 2 nitrogen and oxygen atoms in total. The molecule has 1 aliphatic heterocycles. The van der Waals surface area contributed by atoms with Crippen molar-refractivity contribution in [1.29, 1.82) is 0 Å². The molecular formula is C14H20BrNO. The monoisotopic (exact) mass is 297 g/mol. The minimum atomic E-state index is 0.331. The first-order chi connectivity index (χ1) is 8.33. The van der Waals surface area contributed by atoms with Gasteiger partial charge < -0.3 is 4.74 Å². The van der Waals surface area contributed by atoms with E-state index < -0.39 is 0 Å². The first-order valence-electron chi connectivity index (χ1n) is 6.36. The van der Waals surface area contributed by atoms with Crippen molar-refractivity contribution in [3.8, 4) is 5.75 Å². The van der Waals surface area contributed by atoms with Crippen LogP contribution >= 0.6 is 15.9 Å². The van der Waals surface area contributed by atoms with Crippen LogP contribution in [0.1, 0.15) is 18.9 Å². The Hall–Kier alpha value is -0.540. The Morgan fingerprint density at radius 3 is 2.88 bits per heavy atom. The van der Waals surface area contributed by atoms with Gasteiger partial charge in [0.15, 0.2) is 0 Å². The molecule has 0 aromatic heterocycles. The number of ether oxygens (including phenoxy) is 1. The van der Waals surface area contributed by atoms with Crippen LogP contribution in [-0.2, 0) is 6.42 Å². The van der Waals surface area contributed by atoms with Crippen molar-refractivity contribution in [2.24, 2.45) is 0 Å². The zero-order valence-corrected chi connectivity index (χ0v) is 11.9. The average Bonchev–Trinajstić information content (AvgIpc) is 2.71. The number of benzene rings is 1. The molecule has 1 heterocycles. The molecular weight excluding hydrogens is 278 g/mol. The van der Waals surface area contributed by atoms with Gasteiger partial charge in [-0.15, -0.1) is 0 Å². The molecule has 0 amide bonds. The number of nitrogens with zero attached hydrogens (tertiary/aromatic N) is 1. The predicted octanol–water partition coefficient (Wildman–Crippen LogP) is 3.10. The van der Waals surface area contributed by atoms with Gasteiger partial charge in [-0.3, -0.25) is 4.90 Å². The van der Waals surface area contributed by atoms with E-state index in [0.717, 1.165) is 37.1 Å². The maximum absolute atomic E-state index is 5.97. The smallest absolute Gasteiger partial charge is 0.123 e. The fourth-order valence-corrected chi connectivity index (χ4v) is 2.88. The molecule has 1 unspecified atom stereocenters. The molecule has 0 bridgehead atoms. The van der Waals surface area contributed by atoms with E-state index in [1.165, 1.54) is 12.0 Å². The minimum Gasteiger partial charge on any atom is -0.488 e. The Bertz CT molecular complexity index is 325. The number of halogens is 1. The molecule has 0 saturated heterocycles. The fraction of sp³-hybridized carbons (Fsp3) is 0.571. The summed E-state index contributed by atoms with van der Waals surface area (Å²) < 4.78 is 5.97. The molecule has 0 radical (unpaired) electrons. The number of fused-ring (bicyclic) bond motifs is 1. The van der Waals surface area contributed by atoms with E-state index in [4.69, 9.17) is 4.74 Å². The van der Waals surface area contributed by atoms with Gasteiger partial charge in [0.1, 0.15) is 11.9 Å². The molecule has 0 aliphatic carbocycles. The summed E-state index contributed by atoms with van der Waals surface area (Å²) in [4.78, 5) is 2.48. The molecule has 0 spiro atoms. The maximum atomic E-state index is 5.97. The van der Waals surface area contributed by atoms with E-state index in [1.807, 2.05) is 6.07 Å². The lowest BCUT2D eigenvalue weighted by molar-refractivity contribution is 0.155. The van der Waals surface area contributed by atoms with E-state index in [-0.39, 0.29) is 0 Å². The Morgan fingerprint density at radius 1 is 1.35 bits per heavy atom. The summed E-state index contributed by atoms with van der Waals surface area (Å²) in [6.07, 6.45) is 2.59. The van der Waals surface area contributed by atoms with Gasteiger partial charge >= 0.3 is 0 Å². The highest BCUT2D eigenvalue weighted by Gasteiger charge is 2.23. The van der Waals surface area contributed by atoms with Crippen molar-refractivity contribution in [3.63, 3.8) is 0 Å². The summed E-state index contributed by atoms with van der Waals surface area (Å²) in [5, 5.41) is 1.03. The van der Waals surface area contributed by atoms with Crippen molar-refractivity contribution in [2.75, 3.05) is 25.0 Å². The molecule has 0 fully saturated rings. The second kappa shape index (κ2) is 6.41. The molecule has 3 heteroatoms. The molecule has 17 heavy (non-hydrogen) atoms. The van der Waals surface area contributed by atoms with Crippen molar-refractivity contribution < 1.29 is 4.74 Å². The molecule has 1 atom stereocenters. The normalized spacial score (nSPS) is 18.2. The average molecular weight is 298 g/mol. The van der Waals surface area contributed by atoms with Gasteiger partial charge in [0.2, 0.25) is 0 Å². The van der Waals surface area contributed by atoms with Crippen LogP contribution in [0.3, 0.4) is 0 Å². The van der Waals surface area contributed by atoms with E-state index in [0.29, 0.717) is 6.10 Å². The second-order valence-electron chi connectivity index (χ2n) is 4.54. The van der Waals surface area contributed by atoms with Crippen LogP contribution in [0.5, 0.6) is 5.75 Å². The van der Waals surface area contributed by atoms with Crippen LogP contribution < -0.4 is 4.74 Å². The highest BCUT2D eigenvalue weighted by molar-refractivity contribution is 9.09. The van der Waals surface area contributed by atoms with Gasteiger partial charge in [0.05, 0.1) is 0 Å². The van der Waals surface area contributed by atoms with Crippen molar-refractivity contribution in [3.05, 3.63) is 29.8 Å². The Labute approximate surface area is 112 Å². The largest absolute Gasteiger partial charge is 0.488 e. The Kier molecular flexibility index (Phi) is 4.86. The third-order valence-corrected chi connectivity index (χ3v) is 3.47. The van der Waals surface area contributed by atoms with Gasteiger partial charge in [-0.1, -0.05) is 41.1 Å². The molecule has 0 saturated carbocycles. The molecule has 1 aliphatic rings. The van der Waals surface area contributed by atoms with E-state index in [2.05, 4.69) is 46.0 Å². The van der Waals surface area contributed by atoms with Gasteiger partial charge in [0.25, 0.3) is 0 Å². The lowest BCUT2D eigenvalue weighted by Crippen LogP contribution is -2.36. The van der Waals surface area contributed by atoms with Crippen LogP contribution in [0.2, 0.25) is 0 Å². The van der Waals surface area contributed by atoms with E-state index in [1.54, 1.807) is 0 Å². The zero-order valence-electron chi connectivity index (χ0n) is 10.4. The number of hydrogen-bond donors (Lipinski definition) is 0. The van der Waals surface area contributed by atoms with Crippen LogP contribution in [0.15, 0.2) is 24.3 Å². The van der Waals surface area contributed by atoms with Crippen molar-refractivity contribution in [2.45, 2.75) is 25.9 Å². The standard InChI is InChI=1S/C14H20BrNO/c1-2-8-16(9-7-15)11-13-10-12-5-3-4-6-14(12)17-13/h3-6,13H,2,7-11H2,1H3. The lowest BCUT2D eigenvalue weighted by atomic mass is 10.1. The second-order valence-corrected chi connectivity index (χ2v) is 5.33. The van der Waals surface area contributed by atoms with Gasteiger partial charge in [-0.05, 0) is 24.6 Å². The molecule has 2 rings (SSSR count). The van der Waals surface area contributed by atoms with E-state index in [9.17, 15) is 0 Å². The Morgan fingerprint density at radius 2 is 2.18 bits per heavy atom. The van der Waals surface area contributed by atoms with Crippen LogP contribution in [-0.4, -0.2) is 36.0 Å². The SMILES string of the molecule is CCCN(CCBr)CC1Cc2ccccc2O1. The molecule has 0 N–H and O–H groups in total. The van der Waals surface area contributed by atoms with E-state index >= 15 is 0 Å². The summed E-state index contributed by atoms with van der Waals surface area (Å²) in [5.74, 6) is 1.08. The minimum absolute atomic E-state index is 0.331. The summed E-state index contributed by atoms with van der Waals surface area (Å²) in [6.45, 7) is 5.52. The summed E-state index contributed by atoms with van der Waals surface area (Å²) >= 11 is 3.52. The highest BCUT2D eigenvalue weighted by atomic mass is 79.9. The maximum Gasteiger partial charge on any atom is 0.123 e. The molecule has 94 valence electrons. The first kappa shape index (κ1) is 12.9. The summed E-state index contributed by atoms with van der Waals surface area (Å²) in [5.41, 5.74) is 1.35. The lowest BCUT2D eigenvalue weighted by Gasteiger charge is -2.23. The molecule has 1 aromatic carbocycles. The number of alkyl halides is 1. The number of hydrogen-bond acceptors (Lipinski definition) is 2. The number of para-hydroxylation sites is 1. The fourth-order valence-electron chi connectivity index (χ4n) is 2.37. The van der Waals surface area contributed by atoms with Gasteiger partial charge in [-0.2, -0.15) is 0 Å². The van der Waals surface area contributed by atoms with Crippen LogP contribution in [0, 0.1) is 0 Å². The van der Waals surface area contributed by atoms with Crippen LogP contribution in [0.25, 0.3) is 0 Å². The first-order valence-corrected chi connectivity index (χ1v) is 7.48. The third-order valence-electron chi connectivity index (χ3n) is 3.12. The van der Waals surface area contributed by atoms with Crippen LogP contribution in [0.4, 0.5) is 0 Å². The summed E-state index contributed by atoms with van der Waals surface area (Å²) in [6, 6.07) is 8.38. The topological polar surface area (TPSA) is 12.5 Å². The quantitative estimate of drug-likeness (QED) is 0.748. The highest BCUT2D eigenvalue weighted by Crippen LogP contribution is 2.28. The van der Waals surface area contributed by atoms with Gasteiger partial charge in [0, 0.05) is 24.8 Å². The zero-order chi connectivity index (χ0) is 12.1. The summed E-state index contributed by atoms with van der Waals surface area (Å²) in [7, 11) is 0. The van der Waals surface area contributed by atoms with Crippen molar-refractivity contribution >= 4 is 15.9 Å². The number of rotatable bonds is 6. The molecule has 1 aromatic rings. The predicted molar refractivity (Wildman–Crippen MR) is 75.1 cm³/mol.